The zero-order valence-electron chi connectivity index (χ0n) is 12.9. The Morgan fingerprint density at radius 2 is 1.70 bits per heavy atom. The Morgan fingerprint density at radius 1 is 1.05 bits per heavy atom. The summed E-state index contributed by atoms with van der Waals surface area (Å²) in [5.41, 5.74) is 0. The number of carbonyl (C=O) groups excluding carboxylic acids is 1. The molecule has 2 rings (SSSR count). The van der Waals surface area contributed by atoms with Crippen molar-refractivity contribution in [1.29, 1.82) is 0 Å². The minimum atomic E-state index is 0.264. The van der Waals surface area contributed by atoms with Crippen LogP contribution in [-0.4, -0.2) is 73.0 Å². The quantitative estimate of drug-likeness (QED) is 0.717. The van der Waals surface area contributed by atoms with Crippen LogP contribution in [0.3, 0.4) is 0 Å². The first-order valence-corrected chi connectivity index (χ1v) is 7.87. The van der Waals surface area contributed by atoms with Gasteiger partial charge in [-0.25, -0.2) is 0 Å². The van der Waals surface area contributed by atoms with Crippen molar-refractivity contribution in [2.45, 2.75) is 26.7 Å². The number of likely N-dealkylation sites (tertiary alicyclic amines) is 1. The van der Waals surface area contributed by atoms with Gasteiger partial charge in [-0.2, -0.15) is 0 Å². The molecular formula is C16H27N3O. The van der Waals surface area contributed by atoms with Crippen LogP contribution in [0.1, 0.15) is 26.7 Å². The molecule has 0 bridgehead atoms. The average Bonchev–Trinajstić information content (AvgIpc) is 2.53. The molecule has 20 heavy (non-hydrogen) atoms. The van der Waals surface area contributed by atoms with Crippen molar-refractivity contribution in [3.63, 3.8) is 0 Å². The fourth-order valence-electron chi connectivity index (χ4n) is 3.07. The van der Waals surface area contributed by atoms with Gasteiger partial charge in [0.25, 0.3) is 0 Å². The Balaban J connectivity index is 1.75. The highest BCUT2D eigenvalue weighted by molar-refractivity contribution is 5.79. The molecule has 0 saturated carbocycles. The van der Waals surface area contributed by atoms with Crippen LogP contribution in [0.25, 0.3) is 0 Å². The van der Waals surface area contributed by atoms with Gasteiger partial charge in [0, 0.05) is 32.1 Å². The van der Waals surface area contributed by atoms with Crippen LogP contribution >= 0.6 is 0 Å². The number of carbonyl (C=O) groups is 1. The fourth-order valence-corrected chi connectivity index (χ4v) is 3.07. The lowest BCUT2D eigenvalue weighted by Gasteiger charge is -2.38. The monoisotopic (exact) mass is 277 g/mol. The van der Waals surface area contributed by atoms with Crippen molar-refractivity contribution < 1.29 is 4.79 Å². The molecular weight excluding hydrogens is 250 g/mol. The molecule has 0 aromatic rings. The largest absolute Gasteiger partial charge is 0.340 e. The van der Waals surface area contributed by atoms with E-state index in [0.29, 0.717) is 5.91 Å². The SMILES string of the molecule is CC#CCN1CCN(C(=O)C2CCN(CC)CC2)CC1. The molecule has 4 nitrogen and oxygen atoms in total. The summed E-state index contributed by atoms with van der Waals surface area (Å²) in [6, 6.07) is 0. The lowest BCUT2D eigenvalue weighted by molar-refractivity contribution is -0.138. The third kappa shape index (κ3) is 3.97. The standard InChI is InChI=1S/C16H27N3O/c1-3-5-8-18-11-13-19(14-12-18)16(20)15-6-9-17(4-2)10-7-15/h15H,4,6-14H2,1-2H3. The molecule has 2 aliphatic rings. The van der Waals surface area contributed by atoms with Crippen LogP contribution in [0.5, 0.6) is 0 Å². The van der Waals surface area contributed by atoms with Crippen molar-refractivity contribution >= 4 is 5.91 Å². The summed E-state index contributed by atoms with van der Waals surface area (Å²) in [5.74, 6) is 6.69. The lowest BCUT2D eigenvalue weighted by Crippen LogP contribution is -2.51. The van der Waals surface area contributed by atoms with Gasteiger partial charge in [-0.3, -0.25) is 9.69 Å². The third-order valence-electron chi connectivity index (χ3n) is 4.55. The molecule has 4 heteroatoms. The van der Waals surface area contributed by atoms with Gasteiger partial charge < -0.3 is 9.80 Å². The first-order chi connectivity index (χ1) is 9.74. The summed E-state index contributed by atoms with van der Waals surface area (Å²) < 4.78 is 0. The van der Waals surface area contributed by atoms with Crippen LogP contribution in [0, 0.1) is 17.8 Å². The van der Waals surface area contributed by atoms with E-state index in [-0.39, 0.29) is 5.92 Å². The molecule has 2 saturated heterocycles. The van der Waals surface area contributed by atoms with Gasteiger partial charge in [-0.15, -0.1) is 5.92 Å². The van der Waals surface area contributed by atoms with Crippen molar-refractivity contribution in [2.75, 3.05) is 52.4 Å². The maximum Gasteiger partial charge on any atom is 0.225 e. The molecule has 0 radical (unpaired) electrons. The number of amides is 1. The highest BCUT2D eigenvalue weighted by atomic mass is 16.2. The Labute approximate surface area is 123 Å². The lowest BCUT2D eigenvalue weighted by atomic mass is 9.95. The van der Waals surface area contributed by atoms with Crippen LogP contribution in [-0.2, 0) is 4.79 Å². The Bertz CT molecular complexity index is 369. The Hall–Kier alpha value is -1.05. The molecule has 0 aromatic heterocycles. The van der Waals surface area contributed by atoms with Crippen LogP contribution < -0.4 is 0 Å². The summed E-state index contributed by atoms with van der Waals surface area (Å²) in [6.07, 6.45) is 2.07. The van der Waals surface area contributed by atoms with Gasteiger partial charge in [0.2, 0.25) is 5.91 Å². The predicted octanol–water partition coefficient (Wildman–Crippen LogP) is 0.886. The number of hydrogen-bond donors (Lipinski definition) is 0. The molecule has 0 atom stereocenters. The van der Waals surface area contributed by atoms with Gasteiger partial charge in [0.15, 0.2) is 0 Å². The molecule has 0 aliphatic carbocycles. The van der Waals surface area contributed by atoms with Crippen molar-refractivity contribution in [3.05, 3.63) is 0 Å². The van der Waals surface area contributed by atoms with Crippen LogP contribution in [0.15, 0.2) is 0 Å². The zero-order valence-corrected chi connectivity index (χ0v) is 12.9. The number of rotatable bonds is 3. The molecule has 1 amide bonds. The fraction of sp³-hybridized carbons (Fsp3) is 0.812. The van der Waals surface area contributed by atoms with Gasteiger partial charge in [-0.1, -0.05) is 12.8 Å². The molecule has 2 aliphatic heterocycles. The van der Waals surface area contributed by atoms with Crippen molar-refractivity contribution in [3.8, 4) is 11.8 Å². The first-order valence-electron chi connectivity index (χ1n) is 7.87. The molecule has 2 heterocycles. The van der Waals surface area contributed by atoms with Gasteiger partial charge in [0.05, 0.1) is 6.54 Å². The highest BCUT2D eigenvalue weighted by Crippen LogP contribution is 2.20. The van der Waals surface area contributed by atoms with E-state index in [4.69, 9.17) is 0 Å². The number of hydrogen-bond acceptors (Lipinski definition) is 3. The first kappa shape index (κ1) is 15.3. The molecule has 0 N–H and O–H groups in total. The van der Waals surface area contributed by atoms with Crippen LogP contribution in [0.4, 0.5) is 0 Å². The number of piperidine rings is 1. The molecule has 0 spiro atoms. The van der Waals surface area contributed by atoms with E-state index >= 15 is 0 Å². The number of nitrogens with zero attached hydrogens (tertiary/aromatic N) is 3. The maximum atomic E-state index is 12.5. The number of piperazine rings is 1. The second-order valence-corrected chi connectivity index (χ2v) is 5.74. The second-order valence-electron chi connectivity index (χ2n) is 5.74. The van der Waals surface area contributed by atoms with E-state index in [1.165, 1.54) is 0 Å². The average molecular weight is 277 g/mol. The summed E-state index contributed by atoms with van der Waals surface area (Å²) in [6.45, 7) is 11.9. The zero-order chi connectivity index (χ0) is 14.4. The smallest absolute Gasteiger partial charge is 0.225 e. The topological polar surface area (TPSA) is 26.8 Å². The molecule has 0 unspecified atom stereocenters. The summed E-state index contributed by atoms with van der Waals surface area (Å²) in [7, 11) is 0. The Kier molecular flexibility index (Phi) is 5.87. The summed E-state index contributed by atoms with van der Waals surface area (Å²) in [4.78, 5) is 19.4. The minimum absolute atomic E-state index is 0.264. The normalized spacial score (nSPS) is 22.4. The van der Waals surface area contributed by atoms with Crippen LogP contribution in [0.2, 0.25) is 0 Å². The van der Waals surface area contributed by atoms with E-state index in [2.05, 4.69) is 33.5 Å². The van der Waals surface area contributed by atoms with Gasteiger partial charge >= 0.3 is 0 Å². The maximum absolute atomic E-state index is 12.5. The van der Waals surface area contributed by atoms with E-state index in [1.54, 1.807) is 0 Å². The van der Waals surface area contributed by atoms with E-state index < -0.39 is 0 Å². The van der Waals surface area contributed by atoms with Crippen molar-refractivity contribution in [2.24, 2.45) is 5.92 Å². The second kappa shape index (κ2) is 7.66. The minimum Gasteiger partial charge on any atom is -0.340 e. The highest BCUT2D eigenvalue weighted by Gasteiger charge is 2.29. The molecule has 0 aromatic carbocycles. The molecule has 112 valence electrons. The van der Waals surface area contributed by atoms with Gasteiger partial charge in [0.1, 0.15) is 0 Å². The summed E-state index contributed by atoms with van der Waals surface area (Å²) >= 11 is 0. The summed E-state index contributed by atoms with van der Waals surface area (Å²) in [5, 5.41) is 0. The Morgan fingerprint density at radius 3 is 2.25 bits per heavy atom. The van der Waals surface area contributed by atoms with E-state index in [9.17, 15) is 4.79 Å². The van der Waals surface area contributed by atoms with Crippen molar-refractivity contribution in [1.82, 2.24) is 14.7 Å². The molecule has 2 fully saturated rings. The third-order valence-corrected chi connectivity index (χ3v) is 4.55. The van der Waals surface area contributed by atoms with E-state index in [1.807, 2.05) is 6.92 Å². The van der Waals surface area contributed by atoms with E-state index in [0.717, 1.165) is 65.2 Å². The predicted molar refractivity (Wildman–Crippen MR) is 81.3 cm³/mol. The van der Waals surface area contributed by atoms with Gasteiger partial charge in [-0.05, 0) is 39.4 Å².